The van der Waals surface area contributed by atoms with E-state index in [2.05, 4.69) is 45.6 Å². The molecule has 0 atom stereocenters. The summed E-state index contributed by atoms with van der Waals surface area (Å²) in [6.45, 7) is 7.75. The lowest BCUT2D eigenvalue weighted by atomic mass is 10.1. The van der Waals surface area contributed by atoms with Gasteiger partial charge in [-0.1, -0.05) is 0 Å². The molecule has 0 fully saturated rings. The molecule has 0 amide bonds. The molecule has 2 heterocycles. The molecule has 0 radical (unpaired) electrons. The molecule has 2 rings (SSSR count). The maximum absolute atomic E-state index is 4.44. The Morgan fingerprint density at radius 3 is 2.58 bits per heavy atom. The summed E-state index contributed by atoms with van der Waals surface area (Å²) >= 11 is 0. The quantitative estimate of drug-likeness (QED) is 0.424. The predicted octanol–water partition coefficient (Wildman–Crippen LogP) is 2.27. The molecule has 0 spiro atoms. The van der Waals surface area contributed by atoms with Gasteiger partial charge < -0.3 is 10.6 Å². The lowest BCUT2D eigenvalue weighted by Gasteiger charge is -2.13. The minimum Gasteiger partial charge on any atom is -0.356 e. The van der Waals surface area contributed by atoms with Gasteiger partial charge >= 0.3 is 0 Å². The van der Waals surface area contributed by atoms with E-state index in [1.807, 2.05) is 31.0 Å². The van der Waals surface area contributed by atoms with Crippen LogP contribution in [0.5, 0.6) is 0 Å². The number of guanidine groups is 1. The van der Waals surface area contributed by atoms with Crippen LogP contribution in [0.25, 0.3) is 0 Å². The van der Waals surface area contributed by atoms with Gasteiger partial charge in [-0.2, -0.15) is 5.10 Å². The number of aromatic nitrogens is 3. The topological polar surface area (TPSA) is 67.1 Å². The van der Waals surface area contributed by atoms with Gasteiger partial charge in [-0.15, -0.1) is 24.0 Å². The van der Waals surface area contributed by atoms with Crippen LogP contribution in [-0.4, -0.2) is 34.3 Å². The highest BCUT2D eigenvalue weighted by Gasteiger charge is 2.09. The van der Waals surface area contributed by atoms with Crippen molar-refractivity contribution in [1.82, 2.24) is 25.4 Å². The normalized spacial score (nSPS) is 11.1. The standard InChI is InChI=1S/C17H26N6.HI/c1-12-10-19-8-6-15(12)7-9-20-17(18-4)21-11-16-13(2)22-23(5)14(16)3;/h6,8,10H,7,9,11H2,1-5H3,(H2,18,20,21);1H. The minimum absolute atomic E-state index is 0. The third-order valence-electron chi connectivity index (χ3n) is 4.14. The highest BCUT2D eigenvalue weighted by molar-refractivity contribution is 14.0. The van der Waals surface area contributed by atoms with Gasteiger partial charge in [0.2, 0.25) is 0 Å². The number of hydrogen-bond donors (Lipinski definition) is 2. The summed E-state index contributed by atoms with van der Waals surface area (Å²) in [7, 11) is 3.76. The molecule has 0 bridgehead atoms. The molecule has 2 aromatic rings. The number of nitrogens with zero attached hydrogens (tertiary/aromatic N) is 4. The van der Waals surface area contributed by atoms with E-state index >= 15 is 0 Å². The van der Waals surface area contributed by atoms with Gasteiger partial charge in [-0.05, 0) is 44.4 Å². The van der Waals surface area contributed by atoms with Crippen LogP contribution in [0.1, 0.15) is 28.1 Å². The second-order valence-electron chi connectivity index (χ2n) is 5.68. The van der Waals surface area contributed by atoms with Crippen LogP contribution in [0, 0.1) is 20.8 Å². The molecule has 0 aliphatic heterocycles. The number of nitrogens with one attached hydrogen (secondary N) is 2. The molecule has 2 N–H and O–H groups in total. The van der Waals surface area contributed by atoms with Crippen molar-refractivity contribution in [2.24, 2.45) is 12.0 Å². The molecular formula is C17H27IN6. The summed E-state index contributed by atoms with van der Waals surface area (Å²) in [5.41, 5.74) is 5.99. The Kier molecular flexibility index (Phi) is 8.17. The third-order valence-corrected chi connectivity index (χ3v) is 4.14. The van der Waals surface area contributed by atoms with Gasteiger partial charge in [-0.25, -0.2) is 0 Å². The minimum atomic E-state index is 0. The fourth-order valence-electron chi connectivity index (χ4n) is 2.56. The fourth-order valence-corrected chi connectivity index (χ4v) is 2.56. The first-order chi connectivity index (χ1) is 11.0. The zero-order chi connectivity index (χ0) is 16.8. The molecule has 0 aliphatic carbocycles. The van der Waals surface area contributed by atoms with Gasteiger partial charge in [0.1, 0.15) is 0 Å². The van der Waals surface area contributed by atoms with E-state index < -0.39 is 0 Å². The number of aryl methyl sites for hydroxylation is 3. The number of aliphatic imine (C=N–C) groups is 1. The average molecular weight is 442 g/mol. The third kappa shape index (κ3) is 5.19. The van der Waals surface area contributed by atoms with Crippen LogP contribution in [0.4, 0.5) is 0 Å². The smallest absolute Gasteiger partial charge is 0.191 e. The lowest BCUT2D eigenvalue weighted by Crippen LogP contribution is -2.38. The van der Waals surface area contributed by atoms with E-state index in [9.17, 15) is 0 Å². The van der Waals surface area contributed by atoms with E-state index in [1.165, 1.54) is 22.4 Å². The Balaban J connectivity index is 0.00000288. The lowest BCUT2D eigenvalue weighted by molar-refractivity contribution is 0.728. The van der Waals surface area contributed by atoms with Crippen LogP contribution in [-0.2, 0) is 20.0 Å². The van der Waals surface area contributed by atoms with Gasteiger partial charge in [0.15, 0.2) is 5.96 Å². The molecule has 2 aromatic heterocycles. The van der Waals surface area contributed by atoms with Crippen molar-refractivity contribution < 1.29 is 0 Å². The first-order valence-corrected chi connectivity index (χ1v) is 7.86. The van der Waals surface area contributed by atoms with E-state index in [4.69, 9.17) is 0 Å². The summed E-state index contributed by atoms with van der Waals surface area (Å²) in [6.07, 6.45) is 4.68. The molecule has 0 unspecified atom stereocenters. The number of pyridine rings is 1. The fraction of sp³-hybridized carbons (Fsp3) is 0.471. The molecular weight excluding hydrogens is 415 g/mol. The average Bonchev–Trinajstić information content (AvgIpc) is 2.78. The van der Waals surface area contributed by atoms with Gasteiger partial charge in [0, 0.05) is 50.8 Å². The second-order valence-corrected chi connectivity index (χ2v) is 5.68. The summed E-state index contributed by atoms with van der Waals surface area (Å²) in [5, 5.41) is 11.1. The number of halogens is 1. The van der Waals surface area contributed by atoms with Crippen LogP contribution in [0.15, 0.2) is 23.5 Å². The molecule has 0 aromatic carbocycles. The SMILES string of the molecule is CN=C(NCCc1ccncc1C)NCc1c(C)nn(C)c1C.I. The number of rotatable bonds is 5. The van der Waals surface area contributed by atoms with Crippen LogP contribution in [0.2, 0.25) is 0 Å². The maximum Gasteiger partial charge on any atom is 0.191 e. The van der Waals surface area contributed by atoms with Crippen molar-refractivity contribution >= 4 is 29.9 Å². The summed E-state index contributed by atoms with van der Waals surface area (Å²) in [4.78, 5) is 8.40. The molecule has 7 heteroatoms. The highest BCUT2D eigenvalue weighted by atomic mass is 127. The van der Waals surface area contributed by atoms with Crippen molar-refractivity contribution in [3.05, 3.63) is 46.5 Å². The van der Waals surface area contributed by atoms with E-state index in [1.54, 1.807) is 7.05 Å². The first kappa shape index (κ1) is 20.4. The zero-order valence-electron chi connectivity index (χ0n) is 15.1. The Labute approximate surface area is 161 Å². The van der Waals surface area contributed by atoms with Gasteiger partial charge in [-0.3, -0.25) is 14.7 Å². The van der Waals surface area contributed by atoms with Crippen molar-refractivity contribution in [3.8, 4) is 0 Å². The Hall–Kier alpha value is -1.64. The van der Waals surface area contributed by atoms with Crippen LogP contribution >= 0.6 is 24.0 Å². The van der Waals surface area contributed by atoms with Crippen molar-refractivity contribution in [2.75, 3.05) is 13.6 Å². The largest absolute Gasteiger partial charge is 0.356 e. The molecule has 0 saturated heterocycles. The van der Waals surface area contributed by atoms with Gasteiger partial charge in [0.05, 0.1) is 5.69 Å². The van der Waals surface area contributed by atoms with Crippen molar-refractivity contribution in [3.63, 3.8) is 0 Å². The summed E-state index contributed by atoms with van der Waals surface area (Å²) in [6, 6.07) is 2.07. The van der Waals surface area contributed by atoms with Crippen molar-refractivity contribution in [1.29, 1.82) is 0 Å². The molecule has 24 heavy (non-hydrogen) atoms. The number of hydrogen-bond acceptors (Lipinski definition) is 3. The summed E-state index contributed by atoms with van der Waals surface area (Å²) < 4.78 is 1.91. The molecule has 0 saturated carbocycles. The molecule has 132 valence electrons. The Morgan fingerprint density at radius 2 is 2.00 bits per heavy atom. The zero-order valence-corrected chi connectivity index (χ0v) is 17.4. The van der Waals surface area contributed by atoms with Crippen molar-refractivity contribution in [2.45, 2.75) is 33.7 Å². The molecule has 0 aliphatic rings. The maximum atomic E-state index is 4.44. The van der Waals surface area contributed by atoms with E-state index in [0.717, 1.165) is 31.2 Å². The monoisotopic (exact) mass is 442 g/mol. The van der Waals surface area contributed by atoms with Gasteiger partial charge in [0.25, 0.3) is 0 Å². The second kappa shape index (κ2) is 9.61. The van der Waals surface area contributed by atoms with E-state index in [-0.39, 0.29) is 24.0 Å². The van der Waals surface area contributed by atoms with E-state index in [0.29, 0.717) is 0 Å². The predicted molar refractivity (Wildman–Crippen MR) is 109 cm³/mol. The first-order valence-electron chi connectivity index (χ1n) is 7.86. The Bertz CT molecular complexity index is 692. The Morgan fingerprint density at radius 1 is 1.25 bits per heavy atom. The van der Waals surface area contributed by atoms with Crippen LogP contribution in [0.3, 0.4) is 0 Å². The summed E-state index contributed by atoms with van der Waals surface area (Å²) in [5.74, 6) is 0.805. The van der Waals surface area contributed by atoms with Crippen LogP contribution < -0.4 is 10.6 Å². The molecule has 6 nitrogen and oxygen atoms in total. The highest BCUT2D eigenvalue weighted by Crippen LogP contribution is 2.11.